The Bertz CT molecular complexity index is 892. The minimum Gasteiger partial charge on any atom is -0.507 e. The quantitative estimate of drug-likeness (QED) is 0.866. The fourth-order valence-corrected chi connectivity index (χ4v) is 3.90. The van der Waals surface area contributed by atoms with Gasteiger partial charge >= 0.3 is 0 Å². The van der Waals surface area contributed by atoms with Crippen LogP contribution in [0.15, 0.2) is 16.9 Å². The van der Waals surface area contributed by atoms with E-state index in [1.54, 1.807) is 7.05 Å². The van der Waals surface area contributed by atoms with Gasteiger partial charge in [0.15, 0.2) is 5.82 Å². The summed E-state index contributed by atoms with van der Waals surface area (Å²) in [5, 5.41) is 22.1. The van der Waals surface area contributed by atoms with E-state index >= 15 is 0 Å². The molecule has 7 nitrogen and oxygen atoms in total. The Balaban J connectivity index is 1.62. The van der Waals surface area contributed by atoms with Crippen LogP contribution in [0.3, 0.4) is 0 Å². The molecule has 26 heavy (non-hydrogen) atoms. The van der Waals surface area contributed by atoms with E-state index in [2.05, 4.69) is 27.3 Å². The van der Waals surface area contributed by atoms with Crippen LogP contribution in [0.25, 0.3) is 11.4 Å². The smallest absolute Gasteiger partial charge is 0.296 e. The van der Waals surface area contributed by atoms with Crippen LogP contribution in [0.1, 0.15) is 30.9 Å². The van der Waals surface area contributed by atoms with Gasteiger partial charge in [-0.1, -0.05) is 13.0 Å². The van der Waals surface area contributed by atoms with Crippen LogP contribution in [0.2, 0.25) is 0 Å². The summed E-state index contributed by atoms with van der Waals surface area (Å²) in [6.45, 7) is 5.18. The van der Waals surface area contributed by atoms with Crippen molar-refractivity contribution in [3.05, 3.63) is 33.6 Å². The number of aromatic nitrogens is 3. The maximum absolute atomic E-state index is 12.8. The molecule has 0 radical (unpaired) electrons. The molecule has 2 aliphatic rings. The Hall–Kier alpha value is -2.41. The number of nitrogens with zero attached hydrogens (tertiary/aromatic N) is 4. The second kappa shape index (κ2) is 6.72. The van der Waals surface area contributed by atoms with Crippen molar-refractivity contribution < 1.29 is 5.11 Å². The van der Waals surface area contributed by atoms with Gasteiger partial charge in [0, 0.05) is 19.6 Å². The first-order valence-corrected chi connectivity index (χ1v) is 9.35. The third-order valence-electron chi connectivity index (χ3n) is 5.63. The summed E-state index contributed by atoms with van der Waals surface area (Å²) in [5.41, 5.74) is 2.48. The molecule has 2 aromatic rings. The number of anilines is 1. The molecule has 1 atom stereocenters. The second-order valence-electron chi connectivity index (χ2n) is 7.21. The molecule has 2 N–H and O–H groups in total. The van der Waals surface area contributed by atoms with Crippen LogP contribution in [0.4, 0.5) is 5.82 Å². The van der Waals surface area contributed by atoms with Gasteiger partial charge < -0.3 is 15.3 Å². The van der Waals surface area contributed by atoms with Crippen LogP contribution < -0.4 is 10.9 Å². The van der Waals surface area contributed by atoms with Crippen molar-refractivity contribution in [2.75, 3.05) is 25.0 Å². The third-order valence-corrected chi connectivity index (χ3v) is 5.63. The predicted octanol–water partition coefficient (Wildman–Crippen LogP) is 1.54. The summed E-state index contributed by atoms with van der Waals surface area (Å²) in [6.07, 6.45) is 3.99. The van der Waals surface area contributed by atoms with E-state index in [-0.39, 0.29) is 23.2 Å². The number of hydrogen-bond acceptors (Lipinski definition) is 6. The zero-order valence-electron chi connectivity index (χ0n) is 15.3. The summed E-state index contributed by atoms with van der Waals surface area (Å²) in [5.74, 6) is 0.902. The molecule has 1 aromatic heterocycles. The monoisotopic (exact) mass is 355 g/mol. The molecule has 0 unspecified atom stereocenters. The SMILES string of the molecule is CCN1CCC[C@@H](Nc2nnc(-c3ccc4c(c3O)CC4)n(C)c2=O)C1. The molecule has 1 fully saturated rings. The summed E-state index contributed by atoms with van der Waals surface area (Å²) in [7, 11) is 1.68. The van der Waals surface area contributed by atoms with Crippen molar-refractivity contribution in [1.82, 2.24) is 19.7 Å². The van der Waals surface area contributed by atoms with Gasteiger partial charge in [-0.05, 0) is 56.0 Å². The Morgan fingerprint density at radius 1 is 1.31 bits per heavy atom. The molecule has 1 saturated heterocycles. The number of nitrogens with one attached hydrogen (secondary N) is 1. The molecule has 1 aromatic carbocycles. The third kappa shape index (κ3) is 2.86. The first-order chi connectivity index (χ1) is 12.6. The summed E-state index contributed by atoms with van der Waals surface area (Å²) < 4.78 is 1.47. The van der Waals surface area contributed by atoms with Crippen molar-refractivity contribution in [3.8, 4) is 17.1 Å². The van der Waals surface area contributed by atoms with E-state index in [4.69, 9.17) is 0 Å². The maximum atomic E-state index is 12.8. The summed E-state index contributed by atoms with van der Waals surface area (Å²) in [6, 6.07) is 4.03. The van der Waals surface area contributed by atoms with Gasteiger partial charge in [0.25, 0.3) is 5.56 Å². The number of likely N-dealkylation sites (tertiary alicyclic amines) is 1. The van der Waals surface area contributed by atoms with Gasteiger partial charge in [-0.2, -0.15) is 0 Å². The van der Waals surface area contributed by atoms with Crippen LogP contribution in [-0.2, 0) is 19.9 Å². The van der Waals surface area contributed by atoms with E-state index in [0.717, 1.165) is 50.9 Å². The Morgan fingerprint density at radius 3 is 2.88 bits per heavy atom. The lowest BCUT2D eigenvalue weighted by Crippen LogP contribution is -2.43. The first kappa shape index (κ1) is 17.0. The highest BCUT2D eigenvalue weighted by Gasteiger charge is 2.24. The Labute approximate surface area is 152 Å². The van der Waals surface area contributed by atoms with Crippen molar-refractivity contribution in [1.29, 1.82) is 0 Å². The number of likely N-dealkylation sites (N-methyl/N-ethyl adjacent to an activating group) is 1. The topological polar surface area (TPSA) is 83.3 Å². The normalized spacial score (nSPS) is 19.7. The van der Waals surface area contributed by atoms with Crippen LogP contribution in [0.5, 0.6) is 5.75 Å². The number of phenolic OH excluding ortho intramolecular Hbond substituents is 1. The molecular weight excluding hydrogens is 330 g/mol. The van der Waals surface area contributed by atoms with Crippen molar-refractivity contribution >= 4 is 5.82 Å². The lowest BCUT2D eigenvalue weighted by molar-refractivity contribution is 0.226. The minimum absolute atomic E-state index is 0.210. The van der Waals surface area contributed by atoms with E-state index in [9.17, 15) is 9.90 Å². The molecule has 4 rings (SSSR count). The number of aryl methyl sites for hydroxylation is 1. The van der Waals surface area contributed by atoms with Crippen molar-refractivity contribution in [3.63, 3.8) is 0 Å². The molecular formula is C19H25N5O2. The molecule has 0 spiro atoms. The number of hydrogen-bond donors (Lipinski definition) is 2. The van der Waals surface area contributed by atoms with Gasteiger partial charge in [-0.15, -0.1) is 10.2 Å². The van der Waals surface area contributed by atoms with Crippen LogP contribution in [-0.4, -0.2) is 50.4 Å². The van der Waals surface area contributed by atoms with Gasteiger partial charge in [-0.25, -0.2) is 0 Å². The lowest BCUT2D eigenvalue weighted by atomic mass is 9.86. The predicted molar refractivity (Wildman–Crippen MR) is 101 cm³/mol. The highest BCUT2D eigenvalue weighted by molar-refractivity contribution is 5.69. The van der Waals surface area contributed by atoms with E-state index in [1.807, 2.05) is 12.1 Å². The summed E-state index contributed by atoms with van der Waals surface area (Å²) in [4.78, 5) is 15.1. The zero-order valence-corrected chi connectivity index (χ0v) is 15.3. The lowest BCUT2D eigenvalue weighted by Gasteiger charge is -2.32. The number of phenols is 1. The molecule has 7 heteroatoms. The molecule has 0 amide bonds. The fourth-order valence-electron chi connectivity index (χ4n) is 3.90. The van der Waals surface area contributed by atoms with Crippen LogP contribution in [0, 0.1) is 0 Å². The maximum Gasteiger partial charge on any atom is 0.296 e. The number of rotatable bonds is 4. The zero-order chi connectivity index (χ0) is 18.3. The Kier molecular flexibility index (Phi) is 4.40. The Morgan fingerprint density at radius 2 is 2.15 bits per heavy atom. The average Bonchev–Trinajstić information content (AvgIpc) is 2.62. The van der Waals surface area contributed by atoms with Gasteiger partial charge in [-0.3, -0.25) is 9.36 Å². The number of aromatic hydroxyl groups is 1. The largest absolute Gasteiger partial charge is 0.507 e. The standard InChI is InChI=1S/C19H25N5O2/c1-3-24-10-4-5-13(11-24)20-17-19(26)23(2)18(22-21-17)15-9-7-12-6-8-14(12)16(15)25/h7,9,13,25H,3-6,8,10-11H2,1-2H3,(H,20,21)/t13-/m1/s1. The van der Waals surface area contributed by atoms with E-state index < -0.39 is 0 Å². The van der Waals surface area contributed by atoms with Crippen molar-refractivity contribution in [2.24, 2.45) is 7.05 Å². The minimum atomic E-state index is -0.217. The van der Waals surface area contributed by atoms with Crippen molar-refractivity contribution in [2.45, 2.75) is 38.6 Å². The number of piperidine rings is 1. The van der Waals surface area contributed by atoms with Gasteiger partial charge in [0.1, 0.15) is 5.75 Å². The van der Waals surface area contributed by atoms with E-state index in [0.29, 0.717) is 11.4 Å². The molecule has 0 bridgehead atoms. The van der Waals surface area contributed by atoms with E-state index in [1.165, 1.54) is 10.1 Å². The average molecular weight is 355 g/mol. The number of fused-ring (bicyclic) bond motifs is 1. The number of benzene rings is 1. The van der Waals surface area contributed by atoms with Gasteiger partial charge in [0.2, 0.25) is 5.82 Å². The summed E-state index contributed by atoms with van der Waals surface area (Å²) >= 11 is 0. The fraction of sp³-hybridized carbons (Fsp3) is 0.526. The molecule has 0 saturated carbocycles. The van der Waals surface area contributed by atoms with Gasteiger partial charge in [0.05, 0.1) is 5.56 Å². The molecule has 1 aliphatic carbocycles. The highest BCUT2D eigenvalue weighted by atomic mass is 16.3. The molecule has 138 valence electrons. The highest BCUT2D eigenvalue weighted by Crippen LogP contribution is 2.38. The first-order valence-electron chi connectivity index (χ1n) is 9.35. The van der Waals surface area contributed by atoms with Crippen LogP contribution >= 0.6 is 0 Å². The molecule has 2 heterocycles. The second-order valence-corrected chi connectivity index (χ2v) is 7.21. The molecule has 1 aliphatic heterocycles.